The van der Waals surface area contributed by atoms with Crippen LogP contribution in [-0.2, 0) is 19.2 Å². The molecule has 0 heterocycles. The van der Waals surface area contributed by atoms with Gasteiger partial charge in [-0.25, -0.2) is 0 Å². The van der Waals surface area contributed by atoms with Gasteiger partial charge in [-0.05, 0) is 45.8 Å². The van der Waals surface area contributed by atoms with Crippen LogP contribution in [0.1, 0.15) is 47.5 Å². The summed E-state index contributed by atoms with van der Waals surface area (Å²) in [4.78, 5) is 45.8. The normalized spacial score (nSPS) is 10.0. The van der Waals surface area contributed by atoms with E-state index in [4.69, 9.17) is 16.6 Å². The molecule has 0 saturated heterocycles. The highest BCUT2D eigenvalue weighted by Crippen LogP contribution is 2.04. The Labute approximate surface area is 187 Å². The van der Waals surface area contributed by atoms with E-state index >= 15 is 0 Å². The van der Waals surface area contributed by atoms with Gasteiger partial charge in [0.05, 0.1) is 19.6 Å². The lowest BCUT2D eigenvalue weighted by atomic mass is 10.0. The number of nitrogens with two attached hydrogens (primary N) is 2. The Bertz CT molecular complexity index is 459. The van der Waals surface area contributed by atoms with Crippen molar-refractivity contribution < 1.29 is 24.3 Å². The zero-order valence-corrected chi connectivity index (χ0v) is 20.3. The van der Waals surface area contributed by atoms with Crippen LogP contribution in [0.25, 0.3) is 0 Å². The van der Waals surface area contributed by atoms with Gasteiger partial charge in [0.1, 0.15) is 11.8 Å². The van der Waals surface area contributed by atoms with Gasteiger partial charge in [-0.2, -0.15) is 0 Å². The number of likely N-dealkylation sites (N-methyl/N-ethyl adjacent to an activating group) is 1. The molecule has 0 unspecified atom stereocenters. The molecule has 0 aliphatic carbocycles. The smallest absolute Gasteiger partial charge is 0.243 e. The quantitative estimate of drug-likeness (QED) is 0.198. The summed E-state index contributed by atoms with van der Waals surface area (Å²) < 4.78 is 0. The minimum atomic E-state index is -0.693. The molecule has 11 nitrogen and oxygen atoms in total. The third-order valence-electron chi connectivity index (χ3n) is 2.94. The summed E-state index contributed by atoms with van der Waals surface area (Å²) in [5, 5.41) is 17.2. The van der Waals surface area contributed by atoms with Crippen molar-refractivity contribution in [1.82, 2.24) is 21.3 Å². The number of Topliss-reactive ketones (excluding diaryl/α,β-unsaturated/α-hetero) is 1. The van der Waals surface area contributed by atoms with Gasteiger partial charge in [-0.3, -0.25) is 19.2 Å². The van der Waals surface area contributed by atoms with Crippen molar-refractivity contribution in [2.45, 2.75) is 53.5 Å². The molecule has 0 aliphatic heterocycles. The third kappa shape index (κ3) is 32.8. The lowest BCUT2D eigenvalue weighted by Crippen LogP contribution is -2.51. The fraction of sp³-hybridized carbons (Fsp3) is 0.800. The molecule has 11 heteroatoms. The van der Waals surface area contributed by atoms with E-state index in [2.05, 4.69) is 28.2 Å². The Morgan fingerprint density at radius 3 is 1.74 bits per heavy atom. The van der Waals surface area contributed by atoms with Crippen LogP contribution in [0.3, 0.4) is 0 Å². The summed E-state index contributed by atoms with van der Waals surface area (Å²) in [6, 6.07) is -0.693. The van der Waals surface area contributed by atoms with E-state index in [0.717, 1.165) is 26.6 Å². The molecule has 0 aromatic rings. The highest BCUT2D eigenvalue weighted by atomic mass is 16.2. The number of aliphatic hydroxyl groups is 1. The van der Waals surface area contributed by atoms with E-state index in [9.17, 15) is 19.2 Å². The highest BCUT2D eigenvalue weighted by molar-refractivity contribution is 5.91. The minimum absolute atomic E-state index is 0.0664. The summed E-state index contributed by atoms with van der Waals surface area (Å²) in [6.07, 6.45) is 1.57. The van der Waals surface area contributed by atoms with Crippen molar-refractivity contribution in [2.75, 3.05) is 46.9 Å². The maximum absolute atomic E-state index is 12.1. The zero-order valence-electron chi connectivity index (χ0n) is 20.3. The van der Waals surface area contributed by atoms with Gasteiger partial charge < -0.3 is 37.8 Å². The number of carbonyl (C=O) groups is 4. The average Bonchev–Trinajstić information content (AvgIpc) is 2.72. The predicted octanol–water partition coefficient (Wildman–Crippen LogP) is -1.51. The molecule has 0 rings (SSSR count). The molecule has 3 amide bonds. The molecule has 0 aliphatic rings. The Hall–Kier alpha value is -2.08. The number of carbonyl (C=O) groups excluding carboxylic acids is 4. The molecule has 0 aromatic carbocycles. The summed E-state index contributed by atoms with van der Waals surface area (Å²) >= 11 is 0. The van der Waals surface area contributed by atoms with Crippen LogP contribution >= 0.6 is 0 Å². The second-order valence-electron chi connectivity index (χ2n) is 6.67. The van der Waals surface area contributed by atoms with Crippen LogP contribution in [0.4, 0.5) is 0 Å². The molecule has 0 aromatic heterocycles. The molecule has 0 fully saturated rings. The Morgan fingerprint density at radius 2 is 1.39 bits per heavy atom. The average molecular weight is 451 g/mol. The molecule has 0 spiro atoms. The van der Waals surface area contributed by atoms with Crippen molar-refractivity contribution in [1.29, 1.82) is 0 Å². The van der Waals surface area contributed by atoms with Gasteiger partial charge in [0.25, 0.3) is 0 Å². The summed E-state index contributed by atoms with van der Waals surface area (Å²) in [5.41, 5.74) is 9.88. The monoisotopic (exact) mass is 450 g/mol. The van der Waals surface area contributed by atoms with Crippen molar-refractivity contribution >= 4 is 23.5 Å². The highest BCUT2D eigenvalue weighted by Gasteiger charge is 2.22. The number of rotatable bonds is 11. The van der Waals surface area contributed by atoms with Crippen LogP contribution in [0.2, 0.25) is 0 Å². The first-order valence-corrected chi connectivity index (χ1v) is 10.4. The van der Waals surface area contributed by atoms with Crippen LogP contribution in [0, 0.1) is 5.92 Å². The number of nitrogens with one attached hydrogen (secondary N) is 4. The van der Waals surface area contributed by atoms with Crippen molar-refractivity contribution in [2.24, 2.45) is 17.4 Å². The van der Waals surface area contributed by atoms with Gasteiger partial charge >= 0.3 is 0 Å². The van der Waals surface area contributed by atoms with Crippen LogP contribution < -0.4 is 32.7 Å². The van der Waals surface area contributed by atoms with E-state index in [-0.39, 0.29) is 37.2 Å². The second kappa shape index (κ2) is 27.9. The minimum Gasteiger partial charge on any atom is -0.400 e. The molecular formula is C20H46N6O5. The molecule has 186 valence electrons. The van der Waals surface area contributed by atoms with Gasteiger partial charge in [0.2, 0.25) is 17.7 Å². The third-order valence-corrected chi connectivity index (χ3v) is 2.94. The standard InChI is InChI=1S/C14H26N4O4.C3H9N.C2H7N.CH4O/c1-9(2)5-11(18-13(21)7-15-4)14(22)17-8-12(20)16-6-10(3)19;1-2-3-4;1-2-3;1-2/h9,11,15H,5-8H2,1-4H3,(H,16,20)(H,17,22)(H,18,21);2-4H2,1H3;2-3H2,1H3;2H,1H3/t11-;;;/m1.../s1. The maximum atomic E-state index is 12.1. The predicted molar refractivity (Wildman–Crippen MR) is 124 cm³/mol. The summed E-state index contributed by atoms with van der Waals surface area (Å²) in [7, 11) is 2.64. The van der Waals surface area contributed by atoms with Gasteiger partial charge in [-0.15, -0.1) is 0 Å². The number of amides is 3. The molecule has 0 bridgehead atoms. The maximum Gasteiger partial charge on any atom is 0.243 e. The molecule has 0 radical (unpaired) electrons. The van der Waals surface area contributed by atoms with Crippen molar-refractivity contribution in [3.63, 3.8) is 0 Å². The summed E-state index contributed by atoms with van der Waals surface area (Å²) in [6.45, 7) is 10.6. The lowest BCUT2D eigenvalue weighted by molar-refractivity contribution is -0.130. The number of ketones is 1. The number of hydrogen-bond donors (Lipinski definition) is 7. The first kappa shape index (κ1) is 36.3. The van der Waals surface area contributed by atoms with Crippen LogP contribution in [-0.4, -0.2) is 81.5 Å². The molecule has 9 N–H and O–H groups in total. The SMILES string of the molecule is CCCN.CCN.CNCC(=O)N[C@H](CC(C)C)C(=O)NCC(=O)NCC(C)=O.CO. The summed E-state index contributed by atoms with van der Waals surface area (Å²) in [5.74, 6) is -1.12. The lowest BCUT2D eigenvalue weighted by Gasteiger charge is -2.20. The van der Waals surface area contributed by atoms with E-state index < -0.39 is 17.9 Å². The molecule has 1 atom stereocenters. The van der Waals surface area contributed by atoms with Gasteiger partial charge in [0, 0.05) is 7.11 Å². The number of hydrogen-bond acceptors (Lipinski definition) is 8. The Morgan fingerprint density at radius 1 is 0.903 bits per heavy atom. The van der Waals surface area contributed by atoms with Crippen LogP contribution in [0.5, 0.6) is 0 Å². The first-order chi connectivity index (χ1) is 14.6. The first-order valence-electron chi connectivity index (χ1n) is 10.4. The van der Waals surface area contributed by atoms with Crippen molar-refractivity contribution in [3.05, 3.63) is 0 Å². The Kier molecular flexibility index (Phi) is 32.7. The van der Waals surface area contributed by atoms with E-state index in [0.29, 0.717) is 6.42 Å². The molecule has 31 heavy (non-hydrogen) atoms. The van der Waals surface area contributed by atoms with E-state index in [1.165, 1.54) is 6.92 Å². The topological polar surface area (TPSA) is 189 Å². The number of aliphatic hydroxyl groups excluding tert-OH is 1. The zero-order chi connectivity index (χ0) is 25.2. The fourth-order valence-electron chi connectivity index (χ4n) is 1.68. The van der Waals surface area contributed by atoms with Gasteiger partial charge in [-0.1, -0.05) is 27.7 Å². The molecule has 0 saturated carbocycles. The fourth-order valence-corrected chi connectivity index (χ4v) is 1.68. The molecular weight excluding hydrogens is 404 g/mol. The van der Waals surface area contributed by atoms with Crippen molar-refractivity contribution in [3.8, 4) is 0 Å². The van der Waals surface area contributed by atoms with Crippen LogP contribution in [0.15, 0.2) is 0 Å². The van der Waals surface area contributed by atoms with Gasteiger partial charge in [0.15, 0.2) is 0 Å². The second-order valence-corrected chi connectivity index (χ2v) is 6.67. The largest absolute Gasteiger partial charge is 0.400 e. The van der Waals surface area contributed by atoms with E-state index in [1.54, 1.807) is 7.05 Å². The van der Waals surface area contributed by atoms with E-state index in [1.807, 2.05) is 20.8 Å². The Balaban J connectivity index is -0.000000344.